The predicted octanol–water partition coefficient (Wildman–Crippen LogP) is 11.8. The third-order valence-corrected chi connectivity index (χ3v) is 22.2. The van der Waals surface area contributed by atoms with Crippen molar-refractivity contribution in [1.82, 2.24) is 58.6 Å². The summed E-state index contributed by atoms with van der Waals surface area (Å²) >= 11 is 0. The lowest BCUT2D eigenvalue weighted by Crippen LogP contribution is -2.28. The van der Waals surface area contributed by atoms with Gasteiger partial charge in [-0.2, -0.15) is 0 Å². The number of nitrogens with zero attached hydrogens (tertiary/aromatic N) is 12. The molecule has 0 spiro atoms. The number of carbonyl (C=O) groups excluding carboxylic acids is 2. The summed E-state index contributed by atoms with van der Waals surface area (Å²) < 4.78 is 114. The molecule has 13 atom stereocenters. The van der Waals surface area contributed by atoms with Crippen LogP contribution in [-0.4, -0.2) is 179 Å². The summed E-state index contributed by atoms with van der Waals surface area (Å²) in [6, 6.07) is 0. The molecule has 0 bridgehead atoms. The molecule has 36 nitrogen and oxygen atoms in total. The molecule has 9 heterocycles. The number of nitrogen functional groups attached to an aromatic ring is 3. The summed E-state index contributed by atoms with van der Waals surface area (Å²) in [6.07, 6.45) is 28.8. The van der Waals surface area contributed by atoms with Crippen LogP contribution >= 0.6 is 23.5 Å². The van der Waals surface area contributed by atoms with E-state index in [9.17, 15) is 43.1 Å². The minimum Gasteiger partial charge on any atom is -0.463 e. The monoisotopic (exact) mass is 1580 g/mol. The van der Waals surface area contributed by atoms with Crippen LogP contribution in [0.5, 0.6) is 0 Å². The zero-order valence-electron chi connectivity index (χ0n) is 62.2. The van der Waals surface area contributed by atoms with E-state index in [-0.39, 0.29) is 83.4 Å². The number of hydrogen-bond donors (Lipinski definition) is 7. The van der Waals surface area contributed by atoms with Gasteiger partial charge in [-0.25, -0.2) is 58.6 Å². The Kier molecular flexibility index (Phi) is 35.4. The van der Waals surface area contributed by atoms with Crippen molar-refractivity contribution < 1.29 is 98.6 Å². The van der Waals surface area contributed by atoms with Crippen LogP contribution in [0.15, 0.2) is 38.0 Å². The minimum absolute atomic E-state index is 0.00432. The van der Waals surface area contributed by atoms with Crippen LogP contribution < -0.4 is 17.2 Å². The van der Waals surface area contributed by atoms with Crippen LogP contribution in [0.4, 0.5) is 17.5 Å². The topological polar surface area (TPSA) is 486 Å². The maximum atomic E-state index is 14.1. The van der Waals surface area contributed by atoms with E-state index in [0.717, 1.165) is 51.2 Å². The Morgan fingerprint density at radius 3 is 1.23 bits per heavy atom. The second-order valence-electron chi connectivity index (χ2n) is 28.0. The lowest BCUT2D eigenvalue weighted by molar-refractivity contribution is -0.152. The number of anilines is 3. The first-order chi connectivity index (χ1) is 52.2. The molecule has 39 heteroatoms. The molecule has 3 aliphatic heterocycles. The van der Waals surface area contributed by atoms with Crippen molar-refractivity contribution in [2.45, 2.75) is 287 Å². The fourth-order valence-corrected chi connectivity index (χ4v) is 16.1. The Balaban J connectivity index is 0.732. The first-order valence-corrected chi connectivity index (χ1v) is 43.0. The number of imidazole rings is 3. The molecule has 4 unspecified atom stereocenters. The number of aliphatic hydroxyl groups excluding tert-OH is 1. The molecule has 604 valence electrons. The molecule has 3 fully saturated rings. The third-order valence-electron chi connectivity index (χ3n) is 19.2. The number of esters is 1. The number of carbonyl (C=O) groups is 2. The van der Waals surface area contributed by atoms with Gasteiger partial charge < -0.3 is 65.0 Å². The standard InChI is InChI=1S/C69H112N15O21P3/c1-3-5-7-9-11-13-15-17-19-21-23-25-27-29-33-94-38-52(95-34-30-28-26-24-22-20-18-16-14-12-10-8-6-4-2)39-96-56(86)31-32-57(87)105-108(92,93)99-42-51-37-55(69(102-51)84-48-81-60-63(72)75-45-78-66(60)84)104-107(90,91)98-41-50-36-54(68(101-50)83-47-80-59-62(71)74-44-77-65(59)83)103-106(88,89)97-40-49-35-53(85)67(100-49)82-46-79-58-61(70)73-43-76-64(58)82/h43-55,67-69,85H,3-42H2,1-2H3,(H,88,89)(H,90,91)(H,92,93)(H2,70,73,76)(H2,71,74,77)(H2,72,75,78)/t49-,50-,51-,52?,53+,54+,55+,67+,68+,69+/m0/s1. The van der Waals surface area contributed by atoms with Gasteiger partial charge in [0.05, 0.1) is 76.6 Å². The van der Waals surface area contributed by atoms with Gasteiger partial charge in [0.25, 0.3) is 0 Å². The Bertz CT molecular complexity index is 3840. The highest BCUT2D eigenvalue weighted by Crippen LogP contribution is 2.54. The van der Waals surface area contributed by atoms with Crippen molar-refractivity contribution >= 4 is 86.4 Å². The lowest BCUT2D eigenvalue weighted by Gasteiger charge is -2.23. The molecule has 10 N–H and O–H groups in total. The van der Waals surface area contributed by atoms with Crippen LogP contribution in [0.1, 0.15) is 244 Å². The van der Waals surface area contributed by atoms with Crippen LogP contribution in [0.2, 0.25) is 0 Å². The van der Waals surface area contributed by atoms with Gasteiger partial charge >= 0.3 is 35.4 Å². The lowest BCUT2D eigenvalue weighted by atomic mass is 10.0. The average molecular weight is 1580 g/mol. The highest BCUT2D eigenvalue weighted by Gasteiger charge is 2.48. The largest absolute Gasteiger partial charge is 0.529 e. The second-order valence-corrected chi connectivity index (χ2v) is 32.1. The van der Waals surface area contributed by atoms with E-state index in [1.165, 1.54) is 180 Å². The van der Waals surface area contributed by atoms with Gasteiger partial charge in [0, 0.05) is 32.5 Å². The SMILES string of the molecule is CCCCCCCCCCCCCCCCOCC(COC(=O)CCC(=O)OP(=O)(O)OC[C@@H]1C[C@@H](OP(=O)(O)OC[C@@H]2C[C@@H](OP(=O)(O)OC[C@@H]3C[C@@H](O)[C@H](n4cnc5c(N)ncnc54)O3)[C@H](n3cnc4c(N)ncnc43)O2)[C@H](n2cnc3c(N)ncnc32)O1)OCCCCCCCCCCCCCCCC. The fourth-order valence-electron chi connectivity index (χ4n) is 13.5. The molecule has 6 aromatic heterocycles. The van der Waals surface area contributed by atoms with Gasteiger partial charge in [-0.05, 0) is 12.8 Å². The molecule has 0 radical (unpaired) electrons. The summed E-state index contributed by atoms with van der Waals surface area (Å²) in [7, 11) is -15.5. The number of aromatic nitrogens is 12. The van der Waals surface area contributed by atoms with Crippen LogP contribution in [-0.2, 0) is 78.8 Å². The number of aliphatic hydroxyl groups is 1. The van der Waals surface area contributed by atoms with E-state index in [1.807, 2.05) is 0 Å². The molecule has 6 aromatic rings. The van der Waals surface area contributed by atoms with E-state index in [1.54, 1.807) is 0 Å². The number of unbranched alkanes of at least 4 members (excludes halogenated alkanes) is 26. The van der Waals surface area contributed by atoms with Crippen molar-refractivity contribution in [2.24, 2.45) is 0 Å². The smallest absolute Gasteiger partial charge is 0.463 e. The molecule has 0 amide bonds. The van der Waals surface area contributed by atoms with Gasteiger partial charge in [-0.15, -0.1) is 0 Å². The third kappa shape index (κ3) is 27.5. The number of hydrogen-bond acceptors (Lipinski definition) is 30. The zero-order chi connectivity index (χ0) is 76.7. The van der Waals surface area contributed by atoms with Gasteiger partial charge in [0.2, 0.25) is 0 Å². The van der Waals surface area contributed by atoms with E-state index >= 15 is 0 Å². The van der Waals surface area contributed by atoms with Gasteiger partial charge in [-0.3, -0.25) is 50.8 Å². The molecular weight excluding hydrogens is 1470 g/mol. The van der Waals surface area contributed by atoms with E-state index < -0.39 is 129 Å². The van der Waals surface area contributed by atoms with Crippen molar-refractivity contribution in [3.05, 3.63) is 38.0 Å². The van der Waals surface area contributed by atoms with Crippen LogP contribution in [0.25, 0.3) is 33.5 Å². The molecule has 0 saturated carbocycles. The predicted molar refractivity (Wildman–Crippen MR) is 395 cm³/mol. The van der Waals surface area contributed by atoms with Gasteiger partial charge in [0.1, 0.15) is 66.6 Å². The fraction of sp³-hybridized carbons (Fsp3) is 0.754. The number of fused-ring (bicyclic) bond motifs is 3. The number of phosphoric acid groups is 3. The van der Waals surface area contributed by atoms with E-state index in [2.05, 4.69) is 58.7 Å². The molecule has 3 aliphatic rings. The van der Waals surface area contributed by atoms with Crippen molar-refractivity contribution in [2.75, 3.05) is 63.4 Å². The Morgan fingerprint density at radius 2 is 0.815 bits per heavy atom. The second kappa shape index (κ2) is 44.4. The van der Waals surface area contributed by atoms with E-state index in [0.29, 0.717) is 13.2 Å². The molecule has 0 aromatic carbocycles. The Hall–Kier alpha value is -5.88. The summed E-state index contributed by atoms with van der Waals surface area (Å²) in [4.78, 5) is 96.8. The number of phosphoric ester groups is 3. The van der Waals surface area contributed by atoms with Crippen molar-refractivity contribution in [3.8, 4) is 0 Å². The van der Waals surface area contributed by atoms with Crippen molar-refractivity contribution in [1.29, 1.82) is 0 Å². The maximum Gasteiger partial charge on any atom is 0.529 e. The summed E-state index contributed by atoms with van der Waals surface area (Å²) in [6.45, 7) is 3.60. The summed E-state index contributed by atoms with van der Waals surface area (Å²) in [5, 5.41) is 11.0. The van der Waals surface area contributed by atoms with Crippen LogP contribution in [0.3, 0.4) is 0 Å². The zero-order valence-corrected chi connectivity index (χ0v) is 64.9. The van der Waals surface area contributed by atoms with Crippen molar-refractivity contribution in [3.63, 3.8) is 0 Å². The first-order valence-electron chi connectivity index (χ1n) is 38.5. The van der Waals surface area contributed by atoms with E-state index in [4.69, 9.17) is 72.8 Å². The maximum absolute atomic E-state index is 14.1. The van der Waals surface area contributed by atoms with Gasteiger partial charge in [-0.1, -0.05) is 181 Å². The Labute approximate surface area is 629 Å². The molecule has 3 saturated heterocycles. The minimum atomic E-state index is -5.21. The summed E-state index contributed by atoms with van der Waals surface area (Å²) in [5.41, 5.74) is 19.2. The molecule has 9 rings (SSSR count). The quantitative estimate of drug-likeness (QED) is 0.0106. The van der Waals surface area contributed by atoms with Gasteiger partial charge in [0.15, 0.2) is 53.1 Å². The Morgan fingerprint density at radius 1 is 0.463 bits per heavy atom. The highest BCUT2D eigenvalue weighted by atomic mass is 31.2. The average Bonchev–Trinajstić information content (AvgIpc) is 1.64. The summed E-state index contributed by atoms with van der Waals surface area (Å²) in [5.74, 6) is -1.91. The molecular formula is C69H112N15O21P3. The number of nitrogens with two attached hydrogens (primary N) is 3. The number of rotatable bonds is 55. The van der Waals surface area contributed by atoms with Crippen LogP contribution in [0, 0.1) is 0 Å². The molecule has 108 heavy (non-hydrogen) atoms. The first kappa shape index (κ1) is 86.1. The number of ether oxygens (including phenoxy) is 6. The highest BCUT2D eigenvalue weighted by molar-refractivity contribution is 7.48. The normalized spacial score (nSPS) is 22.3. The molecule has 0 aliphatic carbocycles.